The number of fused-ring (bicyclic) bond motifs is 1. The lowest BCUT2D eigenvalue weighted by Crippen LogP contribution is -2.51. The van der Waals surface area contributed by atoms with Gasteiger partial charge in [0.2, 0.25) is 0 Å². The van der Waals surface area contributed by atoms with Gasteiger partial charge in [0.1, 0.15) is 5.75 Å². The number of anilines is 1. The summed E-state index contributed by atoms with van der Waals surface area (Å²) in [6.45, 7) is 8.97. The molecule has 0 aromatic heterocycles. The third-order valence-corrected chi connectivity index (χ3v) is 10.8. The fraction of sp³-hybridized carbons (Fsp3) is 0.595. The van der Waals surface area contributed by atoms with Crippen LogP contribution in [0, 0.1) is 19.8 Å². The van der Waals surface area contributed by atoms with Crippen molar-refractivity contribution >= 4 is 23.6 Å². The topological polar surface area (TPSA) is 112 Å². The van der Waals surface area contributed by atoms with E-state index in [1.54, 1.807) is 4.90 Å². The molecule has 2 N–H and O–H groups in total. The van der Waals surface area contributed by atoms with Crippen LogP contribution in [0.25, 0.3) is 0 Å². The van der Waals surface area contributed by atoms with Gasteiger partial charge in [-0.05, 0) is 106 Å². The first-order valence-electron chi connectivity index (χ1n) is 17.5. The molecule has 254 valence electrons. The van der Waals surface area contributed by atoms with Crippen molar-refractivity contribution in [2.75, 3.05) is 44.7 Å². The zero-order valence-electron chi connectivity index (χ0n) is 27.9. The molecule has 4 heterocycles. The lowest BCUT2D eigenvalue weighted by molar-refractivity contribution is -0.128. The zero-order chi connectivity index (χ0) is 32.9. The fourth-order valence-electron chi connectivity index (χ4n) is 7.84. The maximum atomic E-state index is 13.7. The number of hydrogen-bond donors (Lipinski definition) is 2. The second-order valence-corrected chi connectivity index (χ2v) is 13.9. The van der Waals surface area contributed by atoms with Crippen molar-refractivity contribution in [1.82, 2.24) is 14.7 Å². The second kappa shape index (κ2) is 15.1. The van der Waals surface area contributed by atoms with Crippen molar-refractivity contribution in [2.45, 2.75) is 96.4 Å². The van der Waals surface area contributed by atoms with Crippen molar-refractivity contribution in [2.24, 2.45) is 5.92 Å². The van der Waals surface area contributed by atoms with E-state index in [2.05, 4.69) is 10.2 Å². The highest BCUT2D eigenvalue weighted by Crippen LogP contribution is 2.30. The van der Waals surface area contributed by atoms with E-state index < -0.39 is 12.2 Å². The maximum Gasteiger partial charge on any atom is 0.410 e. The molecule has 0 saturated carbocycles. The number of carbonyl (C=O) groups is 3. The van der Waals surface area contributed by atoms with Crippen molar-refractivity contribution in [1.29, 1.82) is 0 Å². The highest BCUT2D eigenvalue weighted by molar-refractivity contribution is 5.92. The fourth-order valence-corrected chi connectivity index (χ4v) is 7.84. The number of phenols is 1. The van der Waals surface area contributed by atoms with E-state index in [9.17, 15) is 19.5 Å². The number of ketones is 1. The zero-order valence-corrected chi connectivity index (χ0v) is 27.9. The average molecular weight is 647 g/mol. The summed E-state index contributed by atoms with van der Waals surface area (Å²) in [6, 6.07) is 12.1. The van der Waals surface area contributed by atoms with Gasteiger partial charge in [-0.25, -0.2) is 9.59 Å². The molecule has 0 bridgehead atoms. The van der Waals surface area contributed by atoms with Gasteiger partial charge in [0, 0.05) is 63.5 Å². The van der Waals surface area contributed by atoms with E-state index in [1.165, 1.54) is 0 Å². The number of piperidine rings is 2. The minimum absolute atomic E-state index is 0.0191. The Bertz CT molecular complexity index is 1400. The molecule has 3 saturated heterocycles. The standard InChI is InChI=1S/C37H50N4O6/c1-25-21-28(22-26(2)35(25)43)23-34(33(42)8-7-27-9-15-39(16-10-27)30-13-19-46-20-14-30)47-37(45)40-17-11-31(12-18-40)41-24-29-5-3-4-6-32(29)38-36(41)44/h3-6,21-22,27,30-31,34,43H,7-20,23-24H2,1-2H3,(H,38,44)/t34-/m1/s1. The molecule has 6 rings (SSSR count). The third kappa shape index (κ3) is 8.09. The Morgan fingerprint density at radius 1 is 0.957 bits per heavy atom. The SMILES string of the molecule is Cc1cc(C[C@@H](OC(=O)N2CCC(N3Cc4ccccc4NC3=O)CC2)C(=O)CCC2CCN(C3CCOCC3)CC2)cc(C)c1O. The number of urea groups is 1. The molecule has 10 nitrogen and oxygen atoms in total. The Labute approximate surface area is 278 Å². The maximum absolute atomic E-state index is 13.7. The number of Topliss-reactive ketones (excluding diaryl/α,β-unsaturated/α-hetero) is 1. The molecule has 47 heavy (non-hydrogen) atoms. The highest BCUT2D eigenvalue weighted by atomic mass is 16.6. The van der Waals surface area contributed by atoms with E-state index in [4.69, 9.17) is 9.47 Å². The molecule has 3 amide bonds. The van der Waals surface area contributed by atoms with Crippen LogP contribution < -0.4 is 5.32 Å². The Morgan fingerprint density at radius 3 is 2.34 bits per heavy atom. The van der Waals surface area contributed by atoms with Crippen LogP contribution in [0.1, 0.15) is 73.6 Å². The van der Waals surface area contributed by atoms with Gasteiger partial charge in [-0.15, -0.1) is 0 Å². The van der Waals surface area contributed by atoms with Crippen molar-refractivity contribution < 1.29 is 29.0 Å². The van der Waals surface area contributed by atoms with Crippen LogP contribution in [0.2, 0.25) is 0 Å². The molecule has 0 spiro atoms. The van der Waals surface area contributed by atoms with E-state index in [1.807, 2.05) is 55.1 Å². The first kappa shape index (κ1) is 33.3. The minimum atomic E-state index is -0.893. The van der Waals surface area contributed by atoms with Gasteiger partial charge in [0.05, 0.1) is 0 Å². The van der Waals surface area contributed by atoms with Crippen LogP contribution >= 0.6 is 0 Å². The largest absolute Gasteiger partial charge is 0.507 e. The number of benzene rings is 2. The molecule has 4 aliphatic rings. The Balaban J connectivity index is 1.04. The monoisotopic (exact) mass is 646 g/mol. The van der Waals surface area contributed by atoms with Gasteiger partial charge in [0.15, 0.2) is 11.9 Å². The van der Waals surface area contributed by atoms with Crippen LogP contribution in [0.4, 0.5) is 15.3 Å². The summed E-state index contributed by atoms with van der Waals surface area (Å²) in [5.74, 6) is 0.684. The van der Waals surface area contributed by atoms with Crippen LogP contribution in [0.15, 0.2) is 36.4 Å². The number of aryl methyl sites for hydroxylation is 2. The Hall–Kier alpha value is -3.63. The minimum Gasteiger partial charge on any atom is -0.507 e. The molecular weight excluding hydrogens is 596 g/mol. The molecule has 10 heteroatoms. The van der Waals surface area contributed by atoms with Crippen molar-refractivity contribution in [3.63, 3.8) is 0 Å². The number of amides is 3. The molecule has 4 aliphatic heterocycles. The summed E-state index contributed by atoms with van der Waals surface area (Å²) in [5.41, 5.74) is 4.27. The quantitative estimate of drug-likeness (QED) is 0.354. The Morgan fingerprint density at radius 2 is 1.64 bits per heavy atom. The number of likely N-dealkylation sites (tertiary alicyclic amines) is 2. The molecule has 2 aromatic carbocycles. The summed E-state index contributed by atoms with van der Waals surface area (Å²) >= 11 is 0. The second-order valence-electron chi connectivity index (χ2n) is 13.9. The number of para-hydroxylation sites is 1. The summed E-state index contributed by atoms with van der Waals surface area (Å²) in [6.07, 6.45) is 5.75. The van der Waals surface area contributed by atoms with Gasteiger partial charge in [-0.3, -0.25) is 4.79 Å². The van der Waals surface area contributed by atoms with E-state index in [-0.39, 0.29) is 30.0 Å². The van der Waals surface area contributed by atoms with Gasteiger partial charge in [0.25, 0.3) is 0 Å². The highest BCUT2D eigenvalue weighted by Gasteiger charge is 2.35. The molecule has 0 aliphatic carbocycles. The molecule has 1 atom stereocenters. The molecule has 0 unspecified atom stereocenters. The summed E-state index contributed by atoms with van der Waals surface area (Å²) in [4.78, 5) is 46.2. The number of nitrogens with one attached hydrogen (secondary N) is 1. The molecule has 2 aromatic rings. The van der Waals surface area contributed by atoms with Crippen LogP contribution in [-0.2, 0) is 27.2 Å². The van der Waals surface area contributed by atoms with Crippen molar-refractivity contribution in [3.05, 3.63) is 58.7 Å². The van der Waals surface area contributed by atoms with E-state index >= 15 is 0 Å². The normalized spacial score (nSPS) is 20.9. The number of nitrogens with zero attached hydrogens (tertiary/aromatic N) is 3. The van der Waals surface area contributed by atoms with Gasteiger partial charge in [-0.2, -0.15) is 0 Å². The first-order chi connectivity index (χ1) is 22.7. The molecule has 0 radical (unpaired) electrons. The average Bonchev–Trinajstić information content (AvgIpc) is 3.09. The predicted octanol–water partition coefficient (Wildman–Crippen LogP) is 5.81. The van der Waals surface area contributed by atoms with Crippen molar-refractivity contribution in [3.8, 4) is 5.75 Å². The van der Waals surface area contributed by atoms with Crippen LogP contribution in [0.5, 0.6) is 5.75 Å². The van der Waals surface area contributed by atoms with E-state index in [0.29, 0.717) is 50.9 Å². The number of hydrogen-bond acceptors (Lipinski definition) is 7. The number of aromatic hydroxyl groups is 1. The molecule has 3 fully saturated rings. The smallest absolute Gasteiger partial charge is 0.410 e. The van der Waals surface area contributed by atoms with Crippen LogP contribution in [-0.4, -0.2) is 95.3 Å². The third-order valence-electron chi connectivity index (χ3n) is 10.8. The molecular formula is C37H50N4O6. The number of rotatable bonds is 9. The van der Waals surface area contributed by atoms with Gasteiger partial charge < -0.3 is 34.6 Å². The number of ether oxygens (including phenoxy) is 2. The lowest BCUT2D eigenvalue weighted by Gasteiger charge is -2.40. The van der Waals surface area contributed by atoms with Crippen LogP contribution in [0.3, 0.4) is 0 Å². The summed E-state index contributed by atoms with van der Waals surface area (Å²) in [5, 5.41) is 13.3. The Kier molecular flexibility index (Phi) is 10.7. The first-order valence-corrected chi connectivity index (χ1v) is 17.5. The number of carbonyl (C=O) groups excluding carboxylic acids is 3. The van der Waals surface area contributed by atoms with E-state index in [0.717, 1.165) is 86.3 Å². The summed E-state index contributed by atoms with van der Waals surface area (Å²) < 4.78 is 11.6. The van der Waals surface area contributed by atoms with Gasteiger partial charge in [-0.1, -0.05) is 30.3 Å². The number of phenolic OH excluding ortho intramolecular Hbond substituents is 1. The predicted molar refractivity (Wildman–Crippen MR) is 180 cm³/mol. The van der Waals surface area contributed by atoms with Gasteiger partial charge >= 0.3 is 12.1 Å². The lowest BCUT2D eigenvalue weighted by atomic mass is 9.88. The summed E-state index contributed by atoms with van der Waals surface area (Å²) in [7, 11) is 0.